The van der Waals surface area contributed by atoms with Gasteiger partial charge in [0.05, 0.1) is 29.0 Å². The molecular formula is C22H30N6O. The van der Waals surface area contributed by atoms with Gasteiger partial charge in [-0.1, -0.05) is 0 Å². The number of nitrogens with zero attached hydrogens (tertiary/aromatic N) is 5. The van der Waals surface area contributed by atoms with E-state index in [-0.39, 0.29) is 12.6 Å². The number of piperazine rings is 1. The Bertz CT molecular complexity index is 921. The molecule has 0 spiro atoms. The number of rotatable bonds is 5. The van der Waals surface area contributed by atoms with Crippen LogP contribution in [-0.4, -0.2) is 71.6 Å². The van der Waals surface area contributed by atoms with Gasteiger partial charge in [-0.3, -0.25) is 9.98 Å². The number of hydrogen-bond acceptors (Lipinski definition) is 7. The highest BCUT2D eigenvalue weighted by Crippen LogP contribution is 2.29. The Morgan fingerprint density at radius 3 is 2.86 bits per heavy atom. The molecule has 2 aliphatic rings. The molecule has 1 saturated carbocycles. The molecule has 2 heterocycles. The zero-order chi connectivity index (χ0) is 20.4. The summed E-state index contributed by atoms with van der Waals surface area (Å²) in [5.74, 6) is 0.388. The molecule has 3 N–H and O–H groups in total. The molecule has 7 heteroatoms. The molecule has 1 aliphatic heterocycles. The smallest absolute Gasteiger partial charge is 0.0922 e. The number of nitrogens with two attached hydrogens (primary N) is 1. The lowest BCUT2D eigenvalue weighted by Crippen LogP contribution is -2.50. The van der Waals surface area contributed by atoms with Crippen molar-refractivity contribution in [2.45, 2.75) is 31.8 Å². The SMILES string of the molecule is C[C@@H]1CN(c2ccc3ncc(C(C=NC4CC(CO)C4)=CN)nc3c2)CCN1C. The van der Waals surface area contributed by atoms with Crippen molar-refractivity contribution in [1.82, 2.24) is 14.9 Å². The molecule has 154 valence electrons. The molecule has 1 saturated heterocycles. The van der Waals surface area contributed by atoms with Gasteiger partial charge in [0, 0.05) is 56.0 Å². The summed E-state index contributed by atoms with van der Waals surface area (Å²) in [4.78, 5) is 18.8. The third kappa shape index (κ3) is 4.26. The van der Waals surface area contributed by atoms with Crippen LogP contribution < -0.4 is 10.6 Å². The molecule has 1 aromatic heterocycles. The van der Waals surface area contributed by atoms with E-state index in [4.69, 9.17) is 15.8 Å². The first kappa shape index (κ1) is 19.8. The number of anilines is 1. The average molecular weight is 395 g/mol. The van der Waals surface area contributed by atoms with E-state index in [0.29, 0.717) is 12.0 Å². The standard InChI is InChI=1S/C22H30N6O/c1-15-13-28(6-5-27(15)2)19-3-4-20-21(9-19)26-22(12-25-20)17(10-23)11-24-18-7-16(8-18)14-29/h3-4,9-12,15-16,18,29H,5-8,13-14,23H2,1-2H3/t15-,16?,18?/m1/s1. The van der Waals surface area contributed by atoms with Crippen LogP contribution in [0.15, 0.2) is 35.6 Å². The predicted octanol–water partition coefficient (Wildman–Crippen LogP) is 1.91. The van der Waals surface area contributed by atoms with Crippen molar-refractivity contribution in [3.63, 3.8) is 0 Å². The maximum atomic E-state index is 9.14. The van der Waals surface area contributed by atoms with Gasteiger partial charge in [-0.2, -0.15) is 0 Å². The number of aliphatic hydroxyl groups excluding tert-OH is 1. The first-order valence-electron chi connectivity index (χ1n) is 10.4. The number of benzene rings is 1. The van der Waals surface area contributed by atoms with Crippen LogP contribution in [0.4, 0.5) is 5.69 Å². The summed E-state index contributed by atoms with van der Waals surface area (Å²) in [6.07, 6.45) is 6.94. The van der Waals surface area contributed by atoms with Crippen molar-refractivity contribution < 1.29 is 5.11 Å². The monoisotopic (exact) mass is 394 g/mol. The lowest BCUT2D eigenvalue weighted by molar-refractivity contribution is 0.145. The summed E-state index contributed by atoms with van der Waals surface area (Å²) in [6, 6.07) is 7.07. The summed E-state index contributed by atoms with van der Waals surface area (Å²) in [7, 11) is 2.18. The third-order valence-corrected chi connectivity index (χ3v) is 6.22. The molecule has 1 aliphatic carbocycles. The minimum Gasteiger partial charge on any atom is -0.404 e. The Kier molecular flexibility index (Phi) is 5.78. The summed E-state index contributed by atoms with van der Waals surface area (Å²) in [5, 5.41) is 9.14. The predicted molar refractivity (Wildman–Crippen MR) is 118 cm³/mol. The molecule has 1 aromatic carbocycles. The van der Waals surface area contributed by atoms with Crippen LogP contribution in [0.3, 0.4) is 0 Å². The molecule has 4 rings (SSSR count). The lowest BCUT2D eigenvalue weighted by atomic mass is 9.81. The van der Waals surface area contributed by atoms with Crippen LogP contribution in [0.25, 0.3) is 16.6 Å². The van der Waals surface area contributed by atoms with E-state index in [1.165, 1.54) is 11.9 Å². The second-order valence-electron chi connectivity index (χ2n) is 8.28. The zero-order valence-electron chi connectivity index (χ0n) is 17.2. The number of fused-ring (bicyclic) bond motifs is 1. The van der Waals surface area contributed by atoms with E-state index in [0.717, 1.165) is 54.8 Å². The van der Waals surface area contributed by atoms with Crippen LogP contribution in [0, 0.1) is 5.92 Å². The van der Waals surface area contributed by atoms with Gasteiger partial charge in [-0.05, 0) is 50.9 Å². The van der Waals surface area contributed by atoms with Gasteiger partial charge < -0.3 is 20.6 Å². The number of likely N-dealkylation sites (N-methyl/N-ethyl adjacent to an activating group) is 1. The highest BCUT2D eigenvalue weighted by molar-refractivity contribution is 6.09. The van der Waals surface area contributed by atoms with Gasteiger partial charge in [0.15, 0.2) is 0 Å². The largest absolute Gasteiger partial charge is 0.404 e. The summed E-state index contributed by atoms with van der Waals surface area (Å²) < 4.78 is 0. The Morgan fingerprint density at radius 2 is 2.14 bits per heavy atom. The third-order valence-electron chi connectivity index (χ3n) is 6.22. The normalized spacial score (nSPS) is 26.2. The van der Waals surface area contributed by atoms with Crippen molar-refractivity contribution in [1.29, 1.82) is 0 Å². The fourth-order valence-corrected chi connectivity index (χ4v) is 3.97. The van der Waals surface area contributed by atoms with Crippen molar-refractivity contribution in [3.8, 4) is 0 Å². The Hall–Kier alpha value is -2.51. The molecule has 1 atom stereocenters. The van der Waals surface area contributed by atoms with E-state index in [1.807, 2.05) is 6.07 Å². The van der Waals surface area contributed by atoms with Gasteiger partial charge >= 0.3 is 0 Å². The van der Waals surface area contributed by atoms with Crippen LogP contribution >= 0.6 is 0 Å². The molecule has 29 heavy (non-hydrogen) atoms. The van der Waals surface area contributed by atoms with E-state index >= 15 is 0 Å². The first-order chi connectivity index (χ1) is 14.1. The van der Waals surface area contributed by atoms with E-state index in [9.17, 15) is 0 Å². The van der Waals surface area contributed by atoms with E-state index in [2.05, 4.69) is 45.9 Å². The Balaban J connectivity index is 1.54. The number of aliphatic imine (C=N–C) groups is 1. The van der Waals surface area contributed by atoms with Crippen molar-refractivity contribution in [2.24, 2.45) is 16.6 Å². The molecule has 0 unspecified atom stereocenters. The maximum absolute atomic E-state index is 9.14. The average Bonchev–Trinajstić information content (AvgIpc) is 2.71. The molecule has 2 fully saturated rings. The number of allylic oxidation sites excluding steroid dienone is 1. The second-order valence-corrected chi connectivity index (χ2v) is 8.28. The fourth-order valence-electron chi connectivity index (χ4n) is 3.97. The maximum Gasteiger partial charge on any atom is 0.0922 e. The Labute approximate surface area is 172 Å². The van der Waals surface area contributed by atoms with Gasteiger partial charge in [0.2, 0.25) is 0 Å². The van der Waals surface area contributed by atoms with E-state index in [1.54, 1.807) is 12.4 Å². The molecule has 2 aromatic rings. The van der Waals surface area contributed by atoms with Gasteiger partial charge in [-0.15, -0.1) is 0 Å². The minimum atomic E-state index is 0.246. The van der Waals surface area contributed by atoms with Gasteiger partial charge in [-0.25, -0.2) is 4.98 Å². The Morgan fingerprint density at radius 1 is 1.31 bits per heavy atom. The molecular weight excluding hydrogens is 364 g/mol. The first-order valence-corrected chi connectivity index (χ1v) is 10.4. The quantitative estimate of drug-likeness (QED) is 0.753. The van der Waals surface area contributed by atoms with Gasteiger partial charge in [0.25, 0.3) is 0 Å². The minimum absolute atomic E-state index is 0.246. The highest BCUT2D eigenvalue weighted by atomic mass is 16.3. The summed E-state index contributed by atoms with van der Waals surface area (Å²) >= 11 is 0. The van der Waals surface area contributed by atoms with Crippen LogP contribution in [-0.2, 0) is 0 Å². The van der Waals surface area contributed by atoms with Crippen molar-refractivity contribution in [2.75, 3.05) is 38.2 Å². The number of aromatic nitrogens is 2. The summed E-state index contributed by atoms with van der Waals surface area (Å²) in [6.45, 7) is 5.58. The van der Waals surface area contributed by atoms with Crippen LogP contribution in [0.2, 0.25) is 0 Å². The topological polar surface area (TPSA) is 90.9 Å². The van der Waals surface area contributed by atoms with Gasteiger partial charge in [0.1, 0.15) is 0 Å². The fraction of sp³-hybridized carbons (Fsp3) is 0.500. The lowest BCUT2D eigenvalue weighted by Gasteiger charge is -2.39. The van der Waals surface area contributed by atoms with E-state index < -0.39 is 0 Å². The summed E-state index contributed by atoms with van der Waals surface area (Å²) in [5.41, 5.74) is 10.3. The highest BCUT2D eigenvalue weighted by Gasteiger charge is 2.27. The molecule has 0 bridgehead atoms. The number of aliphatic hydroxyl groups is 1. The molecule has 0 radical (unpaired) electrons. The van der Waals surface area contributed by atoms with Crippen molar-refractivity contribution in [3.05, 3.63) is 36.3 Å². The second kappa shape index (κ2) is 8.47. The van der Waals surface area contributed by atoms with Crippen molar-refractivity contribution >= 4 is 28.5 Å². The number of hydrogen-bond donors (Lipinski definition) is 2. The molecule has 7 nitrogen and oxygen atoms in total. The zero-order valence-corrected chi connectivity index (χ0v) is 17.2. The van der Waals surface area contributed by atoms with Crippen LogP contribution in [0.5, 0.6) is 0 Å². The van der Waals surface area contributed by atoms with Crippen LogP contribution in [0.1, 0.15) is 25.5 Å². The molecule has 0 amide bonds.